The van der Waals surface area contributed by atoms with Crippen LogP contribution in [0.2, 0.25) is 5.02 Å². The standard InChI is InChI=1S/C13H10ClNO/c14-7-1-3-9-10-4-2-8(16)6-12(10)13(15)11(9)5-7/h1-6,13,16H,15H2. The number of hydrogen-bond acceptors (Lipinski definition) is 2. The van der Waals surface area contributed by atoms with Gasteiger partial charge < -0.3 is 10.8 Å². The Hall–Kier alpha value is -1.51. The van der Waals surface area contributed by atoms with Crippen molar-refractivity contribution in [1.82, 2.24) is 0 Å². The van der Waals surface area contributed by atoms with E-state index in [2.05, 4.69) is 0 Å². The van der Waals surface area contributed by atoms with Crippen molar-refractivity contribution in [2.45, 2.75) is 6.04 Å². The Morgan fingerprint density at radius 3 is 2.38 bits per heavy atom. The molecule has 0 saturated carbocycles. The Morgan fingerprint density at radius 1 is 1.00 bits per heavy atom. The predicted molar refractivity (Wildman–Crippen MR) is 64.6 cm³/mol. The summed E-state index contributed by atoms with van der Waals surface area (Å²) in [4.78, 5) is 0. The molecule has 0 heterocycles. The van der Waals surface area contributed by atoms with Crippen molar-refractivity contribution in [3.63, 3.8) is 0 Å². The Morgan fingerprint density at radius 2 is 1.62 bits per heavy atom. The van der Waals surface area contributed by atoms with Crippen LogP contribution < -0.4 is 5.73 Å². The molecule has 1 atom stereocenters. The third-order valence-corrected chi connectivity index (χ3v) is 3.24. The Balaban J connectivity index is 2.30. The fourth-order valence-corrected chi connectivity index (χ4v) is 2.44. The van der Waals surface area contributed by atoms with Crippen molar-refractivity contribution in [1.29, 1.82) is 0 Å². The number of phenolic OH excluding ortho intramolecular Hbond substituents is 1. The van der Waals surface area contributed by atoms with E-state index in [1.807, 2.05) is 24.3 Å². The summed E-state index contributed by atoms with van der Waals surface area (Å²) in [5.74, 6) is 0.244. The molecule has 0 aromatic heterocycles. The minimum absolute atomic E-state index is 0.198. The molecular formula is C13H10ClNO. The van der Waals surface area contributed by atoms with E-state index in [0.29, 0.717) is 5.02 Å². The van der Waals surface area contributed by atoms with E-state index < -0.39 is 0 Å². The molecule has 3 rings (SSSR count). The number of benzene rings is 2. The van der Waals surface area contributed by atoms with Gasteiger partial charge in [0.15, 0.2) is 0 Å². The molecule has 0 bridgehead atoms. The van der Waals surface area contributed by atoms with Gasteiger partial charge in [-0.3, -0.25) is 0 Å². The first-order valence-corrected chi connectivity index (χ1v) is 5.43. The van der Waals surface area contributed by atoms with E-state index in [1.165, 1.54) is 0 Å². The third-order valence-electron chi connectivity index (χ3n) is 3.01. The minimum Gasteiger partial charge on any atom is -0.508 e. The highest BCUT2D eigenvalue weighted by Gasteiger charge is 2.26. The van der Waals surface area contributed by atoms with Gasteiger partial charge in [-0.2, -0.15) is 0 Å². The van der Waals surface area contributed by atoms with Gasteiger partial charge in [0.1, 0.15) is 5.75 Å². The monoisotopic (exact) mass is 231 g/mol. The van der Waals surface area contributed by atoms with Crippen molar-refractivity contribution in [3.05, 3.63) is 52.5 Å². The number of nitrogens with two attached hydrogens (primary N) is 1. The molecule has 3 N–H and O–H groups in total. The van der Waals surface area contributed by atoms with Crippen molar-refractivity contribution in [2.24, 2.45) is 5.73 Å². The largest absolute Gasteiger partial charge is 0.508 e. The van der Waals surface area contributed by atoms with Crippen LogP contribution in [0.1, 0.15) is 17.2 Å². The molecule has 0 radical (unpaired) electrons. The highest BCUT2D eigenvalue weighted by atomic mass is 35.5. The molecule has 1 aliphatic rings. The van der Waals surface area contributed by atoms with Crippen LogP contribution in [0, 0.1) is 0 Å². The van der Waals surface area contributed by atoms with Crippen LogP contribution in [0.15, 0.2) is 36.4 Å². The molecule has 1 aliphatic carbocycles. The van der Waals surface area contributed by atoms with E-state index in [1.54, 1.807) is 12.1 Å². The van der Waals surface area contributed by atoms with E-state index in [0.717, 1.165) is 22.3 Å². The first kappa shape index (κ1) is 9.70. The van der Waals surface area contributed by atoms with Crippen LogP contribution >= 0.6 is 11.6 Å². The van der Waals surface area contributed by atoms with Crippen molar-refractivity contribution in [2.75, 3.05) is 0 Å². The highest BCUT2D eigenvalue weighted by Crippen LogP contribution is 2.44. The maximum Gasteiger partial charge on any atom is 0.115 e. The van der Waals surface area contributed by atoms with Crippen molar-refractivity contribution in [3.8, 4) is 16.9 Å². The summed E-state index contributed by atoms with van der Waals surface area (Å²) >= 11 is 5.96. The molecule has 0 aliphatic heterocycles. The van der Waals surface area contributed by atoms with Crippen molar-refractivity contribution < 1.29 is 5.11 Å². The average Bonchev–Trinajstić information content (AvgIpc) is 2.53. The zero-order valence-electron chi connectivity index (χ0n) is 8.44. The molecule has 0 fully saturated rings. The fourth-order valence-electron chi connectivity index (χ4n) is 2.26. The molecule has 2 aromatic carbocycles. The molecule has 2 nitrogen and oxygen atoms in total. The zero-order valence-corrected chi connectivity index (χ0v) is 9.20. The number of rotatable bonds is 0. The van der Waals surface area contributed by atoms with Crippen LogP contribution in [-0.2, 0) is 0 Å². The molecule has 2 aromatic rings. The first-order valence-electron chi connectivity index (χ1n) is 5.05. The first-order chi connectivity index (χ1) is 7.66. The summed E-state index contributed by atoms with van der Waals surface area (Å²) in [6.07, 6.45) is 0. The Bertz CT molecular complexity index is 529. The molecule has 0 saturated heterocycles. The average molecular weight is 232 g/mol. The molecule has 80 valence electrons. The third kappa shape index (κ3) is 1.24. The van der Waals surface area contributed by atoms with Gasteiger partial charge in [0.2, 0.25) is 0 Å². The summed E-state index contributed by atoms with van der Waals surface area (Å²) in [6.45, 7) is 0. The summed E-state index contributed by atoms with van der Waals surface area (Å²) in [5.41, 5.74) is 10.3. The number of aromatic hydroxyl groups is 1. The minimum atomic E-state index is -0.198. The summed E-state index contributed by atoms with van der Waals surface area (Å²) in [7, 11) is 0. The van der Waals surface area contributed by atoms with Gasteiger partial charge in [-0.05, 0) is 46.5 Å². The van der Waals surface area contributed by atoms with Crippen LogP contribution in [-0.4, -0.2) is 5.11 Å². The summed E-state index contributed by atoms with van der Waals surface area (Å²) < 4.78 is 0. The van der Waals surface area contributed by atoms with Gasteiger partial charge in [-0.1, -0.05) is 23.7 Å². The van der Waals surface area contributed by atoms with Gasteiger partial charge in [-0.25, -0.2) is 0 Å². The van der Waals surface area contributed by atoms with E-state index in [9.17, 15) is 5.11 Å². The smallest absolute Gasteiger partial charge is 0.115 e. The summed E-state index contributed by atoms with van der Waals surface area (Å²) in [5, 5.41) is 10.2. The maximum atomic E-state index is 9.47. The normalized spacial score (nSPS) is 17.0. The van der Waals surface area contributed by atoms with E-state index in [4.69, 9.17) is 17.3 Å². The lowest BCUT2D eigenvalue weighted by Gasteiger charge is -2.06. The lowest BCUT2D eigenvalue weighted by Crippen LogP contribution is -2.07. The second-order valence-electron chi connectivity index (χ2n) is 3.98. The van der Waals surface area contributed by atoms with Crippen LogP contribution in [0.3, 0.4) is 0 Å². The van der Waals surface area contributed by atoms with Crippen LogP contribution in [0.5, 0.6) is 5.75 Å². The number of hydrogen-bond donors (Lipinski definition) is 2. The van der Waals surface area contributed by atoms with E-state index >= 15 is 0 Å². The maximum absolute atomic E-state index is 9.47. The topological polar surface area (TPSA) is 46.2 Å². The molecule has 0 amide bonds. The number of fused-ring (bicyclic) bond motifs is 3. The molecule has 16 heavy (non-hydrogen) atoms. The van der Waals surface area contributed by atoms with Gasteiger partial charge in [0.05, 0.1) is 6.04 Å². The zero-order chi connectivity index (χ0) is 11.3. The lowest BCUT2D eigenvalue weighted by molar-refractivity contribution is 0.474. The molecule has 1 unspecified atom stereocenters. The van der Waals surface area contributed by atoms with Gasteiger partial charge in [0.25, 0.3) is 0 Å². The second kappa shape index (κ2) is 3.24. The van der Waals surface area contributed by atoms with Gasteiger partial charge in [-0.15, -0.1) is 0 Å². The molecule has 0 spiro atoms. The van der Waals surface area contributed by atoms with Crippen LogP contribution in [0.25, 0.3) is 11.1 Å². The number of halogens is 1. The van der Waals surface area contributed by atoms with Crippen LogP contribution in [0.4, 0.5) is 0 Å². The quantitative estimate of drug-likeness (QED) is 0.732. The fraction of sp³-hybridized carbons (Fsp3) is 0.0769. The lowest BCUT2D eigenvalue weighted by atomic mass is 10.1. The van der Waals surface area contributed by atoms with Gasteiger partial charge in [0, 0.05) is 5.02 Å². The Labute approximate surface area is 98.3 Å². The van der Waals surface area contributed by atoms with Gasteiger partial charge >= 0.3 is 0 Å². The highest BCUT2D eigenvalue weighted by molar-refractivity contribution is 6.30. The van der Waals surface area contributed by atoms with E-state index in [-0.39, 0.29) is 11.8 Å². The molecule has 3 heteroatoms. The Kier molecular flexibility index (Phi) is 1.96. The van der Waals surface area contributed by atoms with Crippen molar-refractivity contribution >= 4 is 11.6 Å². The molecular weight excluding hydrogens is 222 g/mol. The predicted octanol–water partition coefficient (Wildman–Crippen LogP) is 3.07. The second-order valence-corrected chi connectivity index (χ2v) is 4.42. The number of phenols is 1. The summed E-state index contributed by atoms with van der Waals surface area (Å²) in [6, 6.07) is 10.8. The SMILES string of the molecule is NC1c2cc(O)ccc2-c2ccc(Cl)cc21.